The van der Waals surface area contributed by atoms with Crippen molar-refractivity contribution in [3.8, 4) is 0 Å². The average Bonchev–Trinajstić information content (AvgIpc) is 2.36. The van der Waals surface area contributed by atoms with E-state index in [-0.39, 0.29) is 22.9 Å². The van der Waals surface area contributed by atoms with Crippen LogP contribution in [0.3, 0.4) is 0 Å². The van der Waals surface area contributed by atoms with Gasteiger partial charge in [-0.25, -0.2) is 4.39 Å². The SMILES string of the molecule is CC(C(=O)NC(=S)N[C@@H](C)c1ccccc1F)C(C)(C)O. The van der Waals surface area contributed by atoms with Crippen LogP contribution in [0.5, 0.6) is 0 Å². The van der Waals surface area contributed by atoms with Crippen LogP contribution in [0, 0.1) is 11.7 Å². The van der Waals surface area contributed by atoms with Crippen LogP contribution in [0.2, 0.25) is 0 Å². The first-order valence-corrected chi connectivity index (χ1v) is 7.12. The lowest BCUT2D eigenvalue weighted by Crippen LogP contribution is -2.47. The first kappa shape index (κ1) is 17.5. The van der Waals surface area contributed by atoms with Gasteiger partial charge in [0.05, 0.1) is 17.6 Å². The molecule has 0 saturated carbocycles. The molecule has 1 aromatic carbocycles. The molecule has 6 heteroatoms. The summed E-state index contributed by atoms with van der Waals surface area (Å²) in [7, 11) is 0. The molecule has 0 radical (unpaired) electrons. The number of aliphatic hydroxyl groups is 1. The highest BCUT2D eigenvalue weighted by molar-refractivity contribution is 7.80. The van der Waals surface area contributed by atoms with Crippen molar-refractivity contribution in [3.63, 3.8) is 0 Å². The molecule has 21 heavy (non-hydrogen) atoms. The van der Waals surface area contributed by atoms with Gasteiger partial charge in [0.15, 0.2) is 5.11 Å². The predicted molar refractivity (Wildman–Crippen MR) is 84.2 cm³/mol. The summed E-state index contributed by atoms with van der Waals surface area (Å²) in [5.41, 5.74) is -0.679. The molecule has 1 rings (SSSR count). The van der Waals surface area contributed by atoms with Crippen LogP contribution >= 0.6 is 12.2 Å². The van der Waals surface area contributed by atoms with Gasteiger partial charge in [0.1, 0.15) is 5.82 Å². The number of thiocarbonyl (C=S) groups is 1. The summed E-state index contributed by atoms with van der Waals surface area (Å²) in [4.78, 5) is 11.9. The number of carbonyl (C=O) groups excluding carboxylic acids is 1. The zero-order chi connectivity index (χ0) is 16.2. The summed E-state index contributed by atoms with van der Waals surface area (Å²) in [5, 5.41) is 15.3. The van der Waals surface area contributed by atoms with E-state index >= 15 is 0 Å². The highest BCUT2D eigenvalue weighted by Gasteiger charge is 2.29. The van der Waals surface area contributed by atoms with Crippen LogP contribution in [0.1, 0.15) is 39.3 Å². The third-order valence-electron chi connectivity index (χ3n) is 3.41. The van der Waals surface area contributed by atoms with Crippen molar-refractivity contribution in [3.05, 3.63) is 35.6 Å². The Labute approximate surface area is 129 Å². The fraction of sp³-hybridized carbons (Fsp3) is 0.467. The van der Waals surface area contributed by atoms with Gasteiger partial charge in [-0.05, 0) is 39.1 Å². The number of amides is 1. The largest absolute Gasteiger partial charge is 0.390 e. The van der Waals surface area contributed by atoms with Gasteiger partial charge in [0, 0.05) is 5.56 Å². The molecule has 0 aliphatic heterocycles. The standard InChI is InChI=1S/C15H21FN2O2S/c1-9(15(3,4)20)13(19)18-14(21)17-10(2)11-7-5-6-8-12(11)16/h5-10,20H,1-4H3,(H2,17,18,19,21)/t9?,10-/m0/s1. The summed E-state index contributed by atoms with van der Waals surface area (Å²) in [5.74, 6) is -1.35. The molecule has 0 saturated heterocycles. The van der Waals surface area contributed by atoms with E-state index in [0.29, 0.717) is 5.56 Å². The molecule has 1 amide bonds. The van der Waals surface area contributed by atoms with Gasteiger partial charge < -0.3 is 15.7 Å². The lowest BCUT2D eigenvalue weighted by Gasteiger charge is -2.25. The highest BCUT2D eigenvalue weighted by atomic mass is 32.1. The predicted octanol–water partition coefficient (Wildman–Crippen LogP) is 2.28. The van der Waals surface area contributed by atoms with Crippen LogP contribution in [0.4, 0.5) is 4.39 Å². The van der Waals surface area contributed by atoms with Crippen LogP contribution in [-0.4, -0.2) is 21.7 Å². The van der Waals surface area contributed by atoms with E-state index in [0.717, 1.165) is 0 Å². The average molecular weight is 312 g/mol. The lowest BCUT2D eigenvalue weighted by atomic mass is 9.92. The molecule has 0 aliphatic carbocycles. The molecular formula is C15H21FN2O2S. The fourth-order valence-corrected chi connectivity index (χ4v) is 1.96. The molecule has 3 N–H and O–H groups in total. The molecule has 0 aromatic heterocycles. The summed E-state index contributed by atoms with van der Waals surface area (Å²) in [6.07, 6.45) is 0. The number of hydrogen-bond acceptors (Lipinski definition) is 3. The fourth-order valence-electron chi connectivity index (χ4n) is 1.68. The molecule has 0 bridgehead atoms. The second kappa shape index (κ2) is 6.95. The van der Waals surface area contributed by atoms with E-state index in [1.54, 1.807) is 45.9 Å². The first-order valence-electron chi connectivity index (χ1n) is 6.71. The van der Waals surface area contributed by atoms with Crippen molar-refractivity contribution in [1.29, 1.82) is 0 Å². The molecular weight excluding hydrogens is 291 g/mol. The maximum atomic E-state index is 13.6. The molecule has 116 valence electrons. The van der Waals surface area contributed by atoms with Crippen molar-refractivity contribution in [2.75, 3.05) is 0 Å². The molecule has 4 nitrogen and oxygen atoms in total. The Kier molecular flexibility index (Phi) is 5.80. The summed E-state index contributed by atoms with van der Waals surface area (Å²) < 4.78 is 13.6. The quantitative estimate of drug-likeness (QED) is 0.747. The van der Waals surface area contributed by atoms with Gasteiger partial charge >= 0.3 is 0 Å². The molecule has 0 spiro atoms. The van der Waals surface area contributed by atoms with E-state index in [9.17, 15) is 14.3 Å². The lowest BCUT2D eigenvalue weighted by molar-refractivity contribution is -0.129. The molecule has 1 aromatic rings. The van der Waals surface area contributed by atoms with Crippen LogP contribution in [0.15, 0.2) is 24.3 Å². The normalized spacial score (nSPS) is 14.2. The Morgan fingerprint density at radius 3 is 2.43 bits per heavy atom. The number of halogens is 1. The monoisotopic (exact) mass is 312 g/mol. The molecule has 0 heterocycles. The number of benzene rings is 1. The molecule has 0 fully saturated rings. The highest BCUT2D eigenvalue weighted by Crippen LogP contribution is 2.17. The summed E-state index contributed by atoms with van der Waals surface area (Å²) in [6, 6.07) is 5.98. The van der Waals surface area contributed by atoms with Gasteiger partial charge in [-0.2, -0.15) is 0 Å². The summed E-state index contributed by atoms with van der Waals surface area (Å²) in [6.45, 7) is 6.46. The third kappa shape index (κ3) is 5.06. The van der Waals surface area contributed by atoms with Crippen molar-refractivity contribution >= 4 is 23.2 Å². The van der Waals surface area contributed by atoms with Crippen molar-refractivity contribution in [2.45, 2.75) is 39.3 Å². The van der Waals surface area contributed by atoms with Gasteiger partial charge in [-0.15, -0.1) is 0 Å². The zero-order valence-electron chi connectivity index (χ0n) is 12.6. The second-order valence-corrected chi connectivity index (χ2v) is 5.99. The van der Waals surface area contributed by atoms with Gasteiger partial charge in [-0.3, -0.25) is 4.79 Å². The number of nitrogens with one attached hydrogen (secondary N) is 2. The number of rotatable bonds is 4. The molecule has 2 atom stereocenters. The first-order chi connectivity index (χ1) is 9.62. The van der Waals surface area contributed by atoms with Crippen LogP contribution in [-0.2, 0) is 4.79 Å². The summed E-state index contributed by atoms with van der Waals surface area (Å²) >= 11 is 5.04. The topological polar surface area (TPSA) is 61.4 Å². The Morgan fingerprint density at radius 2 is 1.90 bits per heavy atom. The Hall–Kier alpha value is -1.53. The van der Waals surface area contributed by atoms with Crippen molar-refractivity contribution in [2.24, 2.45) is 5.92 Å². The minimum Gasteiger partial charge on any atom is -0.390 e. The van der Waals surface area contributed by atoms with Gasteiger partial charge in [0.2, 0.25) is 5.91 Å². The molecule has 1 unspecified atom stereocenters. The maximum absolute atomic E-state index is 13.6. The van der Waals surface area contributed by atoms with Crippen LogP contribution < -0.4 is 10.6 Å². The van der Waals surface area contributed by atoms with Crippen LogP contribution in [0.25, 0.3) is 0 Å². The number of hydrogen-bond donors (Lipinski definition) is 3. The Balaban J connectivity index is 2.62. The van der Waals surface area contributed by atoms with Gasteiger partial charge in [0.25, 0.3) is 0 Å². The van der Waals surface area contributed by atoms with E-state index in [2.05, 4.69) is 10.6 Å². The van der Waals surface area contributed by atoms with E-state index in [1.165, 1.54) is 6.07 Å². The van der Waals surface area contributed by atoms with E-state index < -0.39 is 11.5 Å². The van der Waals surface area contributed by atoms with Gasteiger partial charge in [-0.1, -0.05) is 25.1 Å². The van der Waals surface area contributed by atoms with E-state index in [4.69, 9.17) is 12.2 Å². The van der Waals surface area contributed by atoms with Crippen molar-refractivity contribution < 1.29 is 14.3 Å². The van der Waals surface area contributed by atoms with Crippen molar-refractivity contribution in [1.82, 2.24) is 10.6 Å². The number of carbonyl (C=O) groups is 1. The molecule has 0 aliphatic rings. The smallest absolute Gasteiger partial charge is 0.231 e. The zero-order valence-corrected chi connectivity index (χ0v) is 13.4. The Bertz CT molecular complexity index is 529. The minimum absolute atomic E-state index is 0.104. The third-order valence-corrected chi connectivity index (χ3v) is 3.63. The maximum Gasteiger partial charge on any atom is 0.231 e. The second-order valence-electron chi connectivity index (χ2n) is 5.58. The minimum atomic E-state index is -1.14. The Morgan fingerprint density at radius 1 is 1.33 bits per heavy atom. The van der Waals surface area contributed by atoms with E-state index in [1.807, 2.05) is 0 Å².